The van der Waals surface area contributed by atoms with Crippen LogP contribution in [-0.2, 0) is 4.74 Å². The molecule has 1 aliphatic rings. The number of carbonyl (C=O) groups is 1. The number of benzene rings is 2. The molecule has 0 radical (unpaired) electrons. The number of rotatable bonds is 4. The van der Waals surface area contributed by atoms with Gasteiger partial charge in [-0.3, -0.25) is 5.32 Å². The Hall–Kier alpha value is -2.56. The molecule has 8 nitrogen and oxygen atoms in total. The lowest BCUT2D eigenvalue weighted by Crippen LogP contribution is -2.55. The third-order valence-electron chi connectivity index (χ3n) is 4.38. The van der Waals surface area contributed by atoms with Gasteiger partial charge in [0.05, 0.1) is 6.61 Å². The largest absolute Gasteiger partial charge is 0.417 e. The molecule has 28 heavy (non-hydrogen) atoms. The number of ether oxygens (including phenoxy) is 2. The van der Waals surface area contributed by atoms with Gasteiger partial charge in [-0.15, -0.1) is 0 Å². The molecule has 150 valence electrons. The van der Waals surface area contributed by atoms with Crippen LogP contribution in [0.2, 0.25) is 0 Å². The molecule has 2 aromatic rings. The van der Waals surface area contributed by atoms with Crippen molar-refractivity contribution < 1.29 is 39.1 Å². The highest BCUT2D eigenvalue weighted by molar-refractivity contribution is 5.86. The van der Waals surface area contributed by atoms with Gasteiger partial charge >= 0.3 is 6.09 Å². The topological polar surface area (TPSA) is 128 Å². The summed E-state index contributed by atoms with van der Waals surface area (Å²) in [4.78, 5) is 12.0. The Morgan fingerprint density at radius 2 is 1.79 bits per heavy atom. The third-order valence-corrected chi connectivity index (χ3v) is 4.38. The van der Waals surface area contributed by atoms with E-state index in [-0.39, 0.29) is 5.75 Å². The lowest BCUT2D eigenvalue weighted by Gasteiger charge is -2.40. The molecule has 5 atom stereocenters. The maximum atomic E-state index is 12.9. The third kappa shape index (κ3) is 4.46. The summed E-state index contributed by atoms with van der Waals surface area (Å²) in [6.45, 7) is -0.544. The van der Waals surface area contributed by atoms with Crippen LogP contribution < -0.4 is 10.1 Å². The van der Waals surface area contributed by atoms with E-state index in [0.717, 1.165) is 0 Å². The van der Waals surface area contributed by atoms with E-state index in [1.165, 1.54) is 36.4 Å². The van der Waals surface area contributed by atoms with Crippen LogP contribution in [0.25, 0.3) is 0 Å². The van der Waals surface area contributed by atoms with Crippen molar-refractivity contribution in [1.29, 1.82) is 0 Å². The van der Waals surface area contributed by atoms with E-state index in [2.05, 4.69) is 5.32 Å². The van der Waals surface area contributed by atoms with E-state index in [9.17, 15) is 29.6 Å². The molecule has 0 aliphatic carbocycles. The smallest absolute Gasteiger partial charge is 0.410 e. The second kappa shape index (κ2) is 8.63. The number of aliphatic hydroxyl groups is 4. The molecule has 1 aliphatic heterocycles. The summed E-state index contributed by atoms with van der Waals surface area (Å²) in [5.41, 5.74) is 0.723. The number of carbonyl (C=O) groups excluding carboxylic acids is 1. The van der Waals surface area contributed by atoms with Crippen LogP contribution in [0.3, 0.4) is 0 Å². The number of hydrogen-bond acceptors (Lipinski definition) is 7. The molecule has 0 unspecified atom stereocenters. The van der Waals surface area contributed by atoms with Gasteiger partial charge in [0.1, 0.15) is 42.1 Å². The highest BCUT2D eigenvalue weighted by Gasteiger charge is 2.44. The van der Waals surface area contributed by atoms with Gasteiger partial charge in [-0.05, 0) is 42.0 Å². The van der Waals surface area contributed by atoms with E-state index >= 15 is 0 Å². The first-order valence-electron chi connectivity index (χ1n) is 8.54. The van der Waals surface area contributed by atoms with Gasteiger partial charge in [-0.25, -0.2) is 9.18 Å². The molecule has 5 N–H and O–H groups in total. The fraction of sp³-hybridized carbons (Fsp3) is 0.316. The Kier molecular flexibility index (Phi) is 6.22. The minimum absolute atomic E-state index is 0.133. The Morgan fingerprint density at radius 1 is 1.07 bits per heavy atom. The Balaban J connectivity index is 1.71. The first kappa shape index (κ1) is 20.2. The van der Waals surface area contributed by atoms with Gasteiger partial charge in [-0.1, -0.05) is 12.1 Å². The molecule has 1 fully saturated rings. The summed E-state index contributed by atoms with van der Waals surface area (Å²) < 4.78 is 23.6. The van der Waals surface area contributed by atoms with E-state index in [1.54, 1.807) is 12.1 Å². The van der Waals surface area contributed by atoms with Crippen molar-refractivity contribution in [2.24, 2.45) is 0 Å². The lowest BCUT2D eigenvalue weighted by atomic mass is 9.91. The normalized spacial score (nSPS) is 27.2. The zero-order valence-corrected chi connectivity index (χ0v) is 14.6. The summed E-state index contributed by atoms with van der Waals surface area (Å²) in [5, 5.41) is 41.7. The van der Waals surface area contributed by atoms with Gasteiger partial charge in [0.2, 0.25) is 0 Å². The van der Waals surface area contributed by atoms with Crippen LogP contribution in [0, 0.1) is 5.82 Å². The maximum Gasteiger partial charge on any atom is 0.417 e. The van der Waals surface area contributed by atoms with Crippen molar-refractivity contribution in [3.63, 3.8) is 0 Å². The number of hydrogen-bond donors (Lipinski definition) is 5. The molecule has 0 spiro atoms. The summed E-state index contributed by atoms with van der Waals surface area (Å²) in [7, 11) is 0. The van der Waals surface area contributed by atoms with Gasteiger partial charge in [0, 0.05) is 5.69 Å². The highest BCUT2D eigenvalue weighted by atomic mass is 19.1. The molecule has 3 rings (SSSR count). The highest BCUT2D eigenvalue weighted by Crippen LogP contribution is 2.33. The number of anilines is 1. The molecule has 1 heterocycles. The second-order valence-corrected chi connectivity index (χ2v) is 6.34. The number of aliphatic hydroxyl groups excluding tert-OH is 4. The first-order chi connectivity index (χ1) is 13.4. The standard InChI is InChI=1S/C19H20FNO7/c20-11-4-6-12(7-5-11)21-19(26)27-13-3-1-2-10(8-13)18-17(25)16(24)15(23)14(9-22)28-18/h1-8,14-18,22-25H,9H2,(H,21,26)/t14-,15-,16+,17-,18-/m1/s1. The zero-order valence-electron chi connectivity index (χ0n) is 14.6. The van der Waals surface area contributed by atoms with Gasteiger partial charge in [-0.2, -0.15) is 0 Å². The molecule has 0 bridgehead atoms. The molecule has 2 aromatic carbocycles. The van der Waals surface area contributed by atoms with Crippen LogP contribution in [0.5, 0.6) is 5.75 Å². The number of halogens is 1. The van der Waals surface area contributed by atoms with E-state index in [4.69, 9.17) is 9.47 Å². The Morgan fingerprint density at radius 3 is 2.46 bits per heavy atom. The minimum atomic E-state index is -1.51. The van der Waals surface area contributed by atoms with Crippen molar-refractivity contribution in [2.75, 3.05) is 11.9 Å². The van der Waals surface area contributed by atoms with Crippen LogP contribution in [0.15, 0.2) is 48.5 Å². The molecular weight excluding hydrogens is 373 g/mol. The molecular formula is C19H20FNO7. The minimum Gasteiger partial charge on any atom is -0.410 e. The second-order valence-electron chi connectivity index (χ2n) is 6.34. The quantitative estimate of drug-likeness (QED) is 0.523. The van der Waals surface area contributed by atoms with Crippen molar-refractivity contribution in [3.05, 3.63) is 59.9 Å². The molecule has 1 saturated heterocycles. The van der Waals surface area contributed by atoms with E-state index in [1.807, 2.05) is 0 Å². The summed E-state index contributed by atoms with van der Waals surface area (Å²) >= 11 is 0. The van der Waals surface area contributed by atoms with Crippen molar-refractivity contribution in [3.8, 4) is 5.75 Å². The predicted molar refractivity (Wildman–Crippen MR) is 95.2 cm³/mol. The molecule has 0 aromatic heterocycles. The fourth-order valence-corrected chi connectivity index (χ4v) is 2.92. The zero-order chi connectivity index (χ0) is 20.3. The molecule has 1 amide bonds. The van der Waals surface area contributed by atoms with Crippen molar-refractivity contribution in [1.82, 2.24) is 0 Å². The SMILES string of the molecule is O=C(Nc1ccc(F)cc1)Oc1cccc([C@H]2O[C@H](CO)[C@@H](O)[C@H](O)[C@H]2O)c1. The average Bonchev–Trinajstić information content (AvgIpc) is 2.68. The predicted octanol–water partition coefficient (Wildman–Crippen LogP) is 0.951. The van der Waals surface area contributed by atoms with E-state index < -0.39 is 49.0 Å². The summed E-state index contributed by atoms with van der Waals surface area (Å²) in [6, 6.07) is 11.2. The van der Waals surface area contributed by atoms with Gasteiger partial charge in [0.15, 0.2) is 0 Å². The maximum absolute atomic E-state index is 12.9. The first-order valence-corrected chi connectivity index (χ1v) is 8.54. The monoisotopic (exact) mass is 393 g/mol. The van der Waals surface area contributed by atoms with Gasteiger partial charge in [0.25, 0.3) is 0 Å². The van der Waals surface area contributed by atoms with Crippen LogP contribution in [-0.4, -0.2) is 57.5 Å². The molecule has 0 saturated carbocycles. The summed E-state index contributed by atoms with van der Waals surface area (Å²) in [5.74, 6) is -0.305. The fourth-order valence-electron chi connectivity index (χ4n) is 2.92. The van der Waals surface area contributed by atoms with Crippen molar-refractivity contribution >= 4 is 11.8 Å². The number of amides is 1. The number of nitrogens with one attached hydrogen (secondary N) is 1. The van der Waals surface area contributed by atoms with Crippen LogP contribution in [0.4, 0.5) is 14.9 Å². The van der Waals surface area contributed by atoms with Crippen LogP contribution in [0.1, 0.15) is 11.7 Å². The van der Waals surface area contributed by atoms with Gasteiger partial charge < -0.3 is 29.9 Å². The average molecular weight is 393 g/mol. The summed E-state index contributed by atoms with van der Waals surface area (Å²) in [6.07, 6.45) is -7.31. The Bertz CT molecular complexity index is 814. The van der Waals surface area contributed by atoms with E-state index in [0.29, 0.717) is 11.3 Å². The van der Waals surface area contributed by atoms with Crippen molar-refractivity contribution in [2.45, 2.75) is 30.5 Å². The Labute approximate surface area is 159 Å². The van der Waals surface area contributed by atoms with Crippen LogP contribution >= 0.6 is 0 Å². The lowest BCUT2D eigenvalue weighted by molar-refractivity contribution is -0.231. The molecule has 9 heteroatoms.